The SMILES string of the molecule is CC(C)c1ncc(C(=O)Cl)cn1. The van der Waals surface area contributed by atoms with Crippen LogP contribution in [0.25, 0.3) is 0 Å². The molecular formula is C8H9ClN2O. The van der Waals surface area contributed by atoms with E-state index in [0.717, 1.165) is 5.82 Å². The van der Waals surface area contributed by atoms with Crippen molar-refractivity contribution >= 4 is 16.8 Å². The van der Waals surface area contributed by atoms with Crippen molar-refractivity contribution in [3.8, 4) is 0 Å². The van der Waals surface area contributed by atoms with E-state index in [4.69, 9.17) is 11.6 Å². The lowest BCUT2D eigenvalue weighted by Gasteiger charge is -2.01. The van der Waals surface area contributed by atoms with E-state index < -0.39 is 5.24 Å². The quantitative estimate of drug-likeness (QED) is 0.661. The topological polar surface area (TPSA) is 42.9 Å². The molecule has 0 unspecified atom stereocenters. The third-order valence-electron chi connectivity index (χ3n) is 1.42. The van der Waals surface area contributed by atoms with E-state index in [2.05, 4.69) is 9.97 Å². The molecule has 0 fully saturated rings. The molecule has 0 saturated heterocycles. The predicted molar refractivity (Wildman–Crippen MR) is 46.3 cm³/mol. The van der Waals surface area contributed by atoms with Crippen molar-refractivity contribution in [3.05, 3.63) is 23.8 Å². The second kappa shape index (κ2) is 3.63. The average molecular weight is 185 g/mol. The van der Waals surface area contributed by atoms with Crippen LogP contribution in [0.5, 0.6) is 0 Å². The predicted octanol–water partition coefficient (Wildman–Crippen LogP) is 1.98. The fourth-order valence-electron chi connectivity index (χ4n) is 0.738. The van der Waals surface area contributed by atoms with Crippen LogP contribution < -0.4 is 0 Å². The largest absolute Gasteiger partial charge is 0.275 e. The second-order valence-corrected chi connectivity index (χ2v) is 3.10. The van der Waals surface area contributed by atoms with E-state index in [0.29, 0.717) is 5.56 Å². The summed E-state index contributed by atoms with van der Waals surface area (Å²) in [5, 5.41) is -0.523. The molecule has 0 radical (unpaired) electrons. The number of rotatable bonds is 2. The molecule has 0 aliphatic heterocycles. The van der Waals surface area contributed by atoms with Gasteiger partial charge in [-0.05, 0) is 11.6 Å². The first kappa shape index (κ1) is 9.13. The maximum atomic E-state index is 10.6. The van der Waals surface area contributed by atoms with E-state index >= 15 is 0 Å². The minimum Gasteiger partial charge on any atom is -0.275 e. The van der Waals surface area contributed by atoms with Gasteiger partial charge in [-0.1, -0.05) is 13.8 Å². The van der Waals surface area contributed by atoms with Crippen LogP contribution in [-0.2, 0) is 0 Å². The highest BCUT2D eigenvalue weighted by molar-refractivity contribution is 6.67. The van der Waals surface area contributed by atoms with Crippen molar-refractivity contribution in [2.24, 2.45) is 0 Å². The fraction of sp³-hybridized carbons (Fsp3) is 0.375. The van der Waals surface area contributed by atoms with Crippen LogP contribution in [0, 0.1) is 0 Å². The molecule has 64 valence electrons. The summed E-state index contributed by atoms with van der Waals surface area (Å²) >= 11 is 5.22. The van der Waals surface area contributed by atoms with Gasteiger partial charge in [-0.3, -0.25) is 4.79 Å². The molecule has 0 aliphatic carbocycles. The van der Waals surface area contributed by atoms with Crippen LogP contribution in [0.2, 0.25) is 0 Å². The zero-order valence-corrected chi connectivity index (χ0v) is 7.67. The summed E-state index contributed by atoms with van der Waals surface area (Å²) in [6, 6.07) is 0. The van der Waals surface area contributed by atoms with E-state index in [-0.39, 0.29) is 5.92 Å². The number of aromatic nitrogens is 2. The van der Waals surface area contributed by atoms with Crippen molar-refractivity contribution < 1.29 is 4.79 Å². The molecule has 4 heteroatoms. The van der Waals surface area contributed by atoms with Crippen molar-refractivity contribution in [1.82, 2.24) is 9.97 Å². The molecule has 0 aliphatic rings. The number of halogens is 1. The van der Waals surface area contributed by atoms with Gasteiger partial charge < -0.3 is 0 Å². The number of carbonyl (C=O) groups excluding carboxylic acids is 1. The lowest BCUT2D eigenvalue weighted by molar-refractivity contribution is 0.108. The minimum absolute atomic E-state index is 0.268. The van der Waals surface area contributed by atoms with Crippen LogP contribution in [0.3, 0.4) is 0 Å². The molecule has 0 bridgehead atoms. The average Bonchev–Trinajstić information content (AvgIpc) is 2.04. The van der Waals surface area contributed by atoms with Gasteiger partial charge in [0.05, 0.1) is 5.56 Å². The molecule has 1 heterocycles. The molecule has 1 aromatic heterocycles. The minimum atomic E-state index is -0.523. The highest BCUT2D eigenvalue weighted by Crippen LogP contribution is 2.08. The number of hydrogen-bond donors (Lipinski definition) is 0. The normalized spacial score (nSPS) is 10.3. The van der Waals surface area contributed by atoms with Crippen LogP contribution >= 0.6 is 11.6 Å². The fourth-order valence-corrected chi connectivity index (χ4v) is 0.835. The van der Waals surface area contributed by atoms with Gasteiger partial charge in [0, 0.05) is 18.3 Å². The molecule has 0 N–H and O–H groups in total. The van der Waals surface area contributed by atoms with Crippen LogP contribution in [0.1, 0.15) is 35.9 Å². The van der Waals surface area contributed by atoms with Gasteiger partial charge in [0.25, 0.3) is 5.24 Å². The molecule has 1 aromatic rings. The summed E-state index contributed by atoms with van der Waals surface area (Å²) in [5.41, 5.74) is 0.334. The Morgan fingerprint density at radius 3 is 2.25 bits per heavy atom. The summed E-state index contributed by atoms with van der Waals surface area (Å²) in [4.78, 5) is 18.6. The van der Waals surface area contributed by atoms with Crippen molar-refractivity contribution in [3.63, 3.8) is 0 Å². The maximum absolute atomic E-state index is 10.6. The maximum Gasteiger partial charge on any atom is 0.255 e. The number of carbonyl (C=O) groups is 1. The van der Waals surface area contributed by atoms with E-state index in [1.165, 1.54) is 12.4 Å². The lowest BCUT2D eigenvalue weighted by Crippen LogP contribution is -1.99. The molecule has 0 spiro atoms. The van der Waals surface area contributed by atoms with Gasteiger partial charge in [0.1, 0.15) is 5.82 Å². The Morgan fingerprint density at radius 2 is 1.92 bits per heavy atom. The first-order valence-corrected chi connectivity index (χ1v) is 4.01. The number of nitrogens with zero attached hydrogens (tertiary/aromatic N) is 2. The Bertz CT molecular complexity index is 282. The van der Waals surface area contributed by atoms with Gasteiger partial charge in [-0.2, -0.15) is 0 Å². The monoisotopic (exact) mass is 184 g/mol. The van der Waals surface area contributed by atoms with Gasteiger partial charge >= 0.3 is 0 Å². The van der Waals surface area contributed by atoms with Crippen molar-refractivity contribution in [1.29, 1.82) is 0 Å². The summed E-state index contributed by atoms with van der Waals surface area (Å²) in [6.45, 7) is 3.97. The van der Waals surface area contributed by atoms with Crippen molar-refractivity contribution in [2.75, 3.05) is 0 Å². The molecular weight excluding hydrogens is 176 g/mol. The molecule has 0 atom stereocenters. The first-order chi connectivity index (χ1) is 5.61. The summed E-state index contributed by atoms with van der Waals surface area (Å²) in [5.74, 6) is 0.987. The molecule has 12 heavy (non-hydrogen) atoms. The van der Waals surface area contributed by atoms with Gasteiger partial charge in [0.2, 0.25) is 0 Å². The van der Waals surface area contributed by atoms with Crippen LogP contribution in [-0.4, -0.2) is 15.2 Å². The molecule has 0 aromatic carbocycles. The standard InChI is InChI=1S/C8H9ClN2O/c1-5(2)8-10-3-6(4-11-8)7(9)12/h3-5H,1-2H3. The number of hydrogen-bond acceptors (Lipinski definition) is 3. The van der Waals surface area contributed by atoms with Crippen molar-refractivity contribution in [2.45, 2.75) is 19.8 Å². The Hall–Kier alpha value is -0.960. The smallest absolute Gasteiger partial charge is 0.255 e. The zero-order chi connectivity index (χ0) is 9.14. The highest BCUT2D eigenvalue weighted by Gasteiger charge is 2.05. The Balaban J connectivity index is 2.93. The zero-order valence-electron chi connectivity index (χ0n) is 6.91. The summed E-state index contributed by atoms with van der Waals surface area (Å²) < 4.78 is 0. The first-order valence-electron chi connectivity index (χ1n) is 3.63. The van der Waals surface area contributed by atoms with Gasteiger partial charge in [0.15, 0.2) is 0 Å². The molecule has 0 saturated carbocycles. The van der Waals surface area contributed by atoms with Crippen LogP contribution in [0.15, 0.2) is 12.4 Å². The van der Waals surface area contributed by atoms with E-state index in [1.807, 2.05) is 13.8 Å². The summed E-state index contributed by atoms with van der Waals surface area (Å²) in [6.07, 6.45) is 2.88. The van der Waals surface area contributed by atoms with Crippen LogP contribution in [0.4, 0.5) is 0 Å². The van der Waals surface area contributed by atoms with E-state index in [9.17, 15) is 4.79 Å². The van der Waals surface area contributed by atoms with Gasteiger partial charge in [-0.15, -0.1) is 0 Å². The summed E-state index contributed by atoms with van der Waals surface area (Å²) in [7, 11) is 0. The van der Waals surface area contributed by atoms with E-state index in [1.54, 1.807) is 0 Å². The molecule has 3 nitrogen and oxygen atoms in total. The Kier molecular flexibility index (Phi) is 2.76. The lowest BCUT2D eigenvalue weighted by atomic mass is 10.2. The molecule has 1 rings (SSSR count). The van der Waals surface area contributed by atoms with Gasteiger partial charge in [-0.25, -0.2) is 9.97 Å². The third kappa shape index (κ3) is 2.01. The highest BCUT2D eigenvalue weighted by atomic mass is 35.5. The Morgan fingerprint density at radius 1 is 1.42 bits per heavy atom. The third-order valence-corrected chi connectivity index (χ3v) is 1.63. The Labute approximate surface area is 75.8 Å². The second-order valence-electron chi connectivity index (χ2n) is 2.76. The molecule has 0 amide bonds.